The van der Waals surface area contributed by atoms with Crippen molar-refractivity contribution in [2.45, 2.75) is 19.3 Å². The molecule has 4 heteroatoms. The Bertz CT molecular complexity index is 394. The number of piperidine rings is 1. The molecule has 0 saturated carbocycles. The zero-order valence-corrected chi connectivity index (χ0v) is 9.51. The number of hydrogen-bond acceptors (Lipinski definition) is 2. The molecule has 2 nitrogen and oxygen atoms in total. The van der Waals surface area contributed by atoms with Crippen molar-refractivity contribution in [3.8, 4) is 0 Å². The van der Waals surface area contributed by atoms with E-state index in [0.717, 1.165) is 44.1 Å². The molecule has 1 unspecified atom stereocenters. The topological polar surface area (TPSA) is 29.1 Å². The largest absolute Gasteiger partial charge is 0.316 e. The second-order valence-electron chi connectivity index (χ2n) is 4.50. The molecule has 1 aliphatic rings. The first-order chi connectivity index (χ1) is 8.15. The van der Waals surface area contributed by atoms with Gasteiger partial charge in [0.1, 0.15) is 11.6 Å². The average molecular weight is 239 g/mol. The molecule has 2 rings (SSSR count). The molecule has 92 valence electrons. The number of carbonyl (C=O) groups is 1. The second-order valence-corrected chi connectivity index (χ2v) is 4.50. The SMILES string of the molecule is O=C(CC1CCCNC1)c1cc(F)cc(F)c1. The summed E-state index contributed by atoms with van der Waals surface area (Å²) >= 11 is 0. The number of benzene rings is 1. The third kappa shape index (κ3) is 3.33. The van der Waals surface area contributed by atoms with Gasteiger partial charge in [-0.05, 0) is 44.0 Å². The van der Waals surface area contributed by atoms with Crippen LogP contribution in [0.5, 0.6) is 0 Å². The minimum absolute atomic E-state index is 0.132. The summed E-state index contributed by atoms with van der Waals surface area (Å²) in [7, 11) is 0. The van der Waals surface area contributed by atoms with Gasteiger partial charge in [-0.1, -0.05) is 0 Å². The van der Waals surface area contributed by atoms with Crippen LogP contribution in [0.2, 0.25) is 0 Å². The number of hydrogen-bond donors (Lipinski definition) is 1. The summed E-state index contributed by atoms with van der Waals surface area (Å²) in [6, 6.07) is 2.97. The van der Waals surface area contributed by atoms with Crippen LogP contribution in [0.3, 0.4) is 0 Å². The van der Waals surface area contributed by atoms with Gasteiger partial charge in [-0.3, -0.25) is 4.79 Å². The fraction of sp³-hybridized carbons (Fsp3) is 0.462. The summed E-state index contributed by atoms with van der Waals surface area (Å²) in [5, 5.41) is 3.21. The first kappa shape index (κ1) is 12.2. The summed E-state index contributed by atoms with van der Waals surface area (Å²) in [5.41, 5.74) is 0.132. The van der Waals surface area contributed by atoms with Crippen molar-refractivity contribution < 1.29 is 13.6 Å². The summed E-state index contributed by atoms with van der Waals surface area (Å²) in [6.07, 6.45) is 2.40. The molecule has 1 aromatic carbocycles. The molecule has 1 N–H and O–H groups in total. The predicted octanol–water partition coefficient (Wildman–Crippen LogP) is 2.54. The van der Waals surface area contributed by atoms with Gasteiger partial charge in [0.05, 0.1) is 0 Å². The van der Waals surface area contributed by atoms with Crippen LogP contribution in [0.1, 0.15) is 29.6 Å². The lowest BCUT2D eigenvalue weighted by atomic mass is 9.92. The lowest BCUT2D eigenvalue weighted by molar-refractivity contribution is 0.0953. The second kappa shape index (κ2) is 5.36. The summed E-state index contributed by atoms with van der Waals surface area (Å²) in [5.74, 6) is -1.30. The Kier molecular flexibility index (Phi) is 3.84. The van der Waals surface area contributed by atoms with Crippen molar-refractivity contribution in [2.75, 3.05) is 13.1 Å². The van der Waals surface area contributed by atoms with Crippen molar-refractivity contribution in [1.82, 2.24) is 5.32 Å². The van der Waals surface area contributed by atoms with Crippen LogP contribution in [0.25, 0.3) is 0 Å². The van der Waals surface area contributed by atoms with Gasteiger partial charge < -0.3 is 5.32 Å². The molecule has 1 fully saturated rings. The highest BCUT2D eigenvalue weighted by atomic mass is 19.1. The van der Waals surface area contributed by atoms with E-state index in [0.29, 0.717) is 6.42 Å². The summed E-state index contributed by atoms with van der Waals surface area (Å²) in [6.45, 7) is 1.79. The first-order valence-electron chi connectivity index (χ1n) is 5.85. The number of Topliss-reactive ketones (excluding diaryl/α,β-unsaturated/α-hetero) is 1. The molecule has 0 bridgehead atoms. The number of halogens is 2. The minimum Gasteiger partial charge on any atom is -0.316 e. The number of rotatable bonds is 3. The highest BCUT2D eigenvalue weighted by Crippen LogP contribution is 2.18. The van der Waals surface area contributed by atoms with Crippen LogP contribution < -0.4 is 5.32 Å². The van der Waals surface area contributed by atoms with E-state index in [2.05, 4.69) is 5.32 Å². The van der Waals surface area contributed by atoms with E-state index < -0.39 is 11.6 Å². The summed E-state index contributed by atoms with van der Waals surface area (Å²) in [4.78, 5) is 11.9. The zero-order chi connectivity index (χ0) is 12.3. The Morgan fingerprint density at radius 1 is 1.29 bits per heavy atom. The van der Waals surface area contributed by atoms with Crippen LogP contribution in [-0.4, -0.2) is 18.9 Å². The molecule has 1 saturated heterocycles. The third-order valence-corrected chi connectivity index (χ3v) is 3.06. The molecule has 17 heavy (non-hydrogen) atoms. The minimum atomic E-state index is -0.699. The normalized spacial score (nSPS) is 20.2. The van der Waals surface area contributed by atoms with Crippen LogP contribution >= 0.6 is 0 Å². The lowest BCUT2D eigenvalue weighted by Crippen LogP contribution is -2.31. The van der Waals surface area contributed by atoms with Gasteiger partial charge in [-0.25, -0.2) is 8.78 Å². The Labute approximate surface area is 99.0 Å². The van der Waals surface area contributed by atoms with E-state index in [1.807, 2.05) is 0 Å². The van der Waals surface area contributed by atoms with E-state index in [-0.39, 0.29) is 17.3 Å². The van der Waals surface area contributed by atoms with E-state index >= 15 is 0 Å². The van der Waals surface area contributed by atoms with Gasteiger partial charge in [-0.15, -0.1) is 0 Å². The molecule has 0 radical (unpaired) electrons. The predicted molar refractivity (Wildman–Crippen MR) is 60.9 cm³/mol. The highest BCUT2D eigenvalue weighted by Gasteiger charge is 2.18. The van der Waals surface area contributed by atoms with Gasteiger partial charge in [-0.2, -0.15) is 0 Å². The van der Waals surface area contributed by atoms with Gasteiger partial charge in [0, 0.05) is 18.1 Å². The van der Waals surface area contributed by atoms with Crippen LogP contribution in [0.4, 0.5) is 8.78 Å². The molecular formula is C13H15F2NO. The van der Waals surface area contributed by atoms with Gasteiger partial charge in [0.15, 0.2) is 5.78 Å². The lowest BCUT2D eigenvalue weighted by Gasteiger charge is -2.21. The molecule has 1 aromatic rings. The van der Waals surface area contributed by atoms with Crippen molar-refractivity contribution in [3.63, 3.8) is 0 Å². The fourth-order valence-corrected chi connectivity index (χ4v) is 2.19. The first-order valence-corrected chi connectivity index (χ1v) is 5.85. The van der Waals surface area contributed by atoms with Crippen molar-refractivity contribution in [3.05, 3.63) is 35.4 Å². The van der Waals surface area contributed by atoms with Crippen LogP contribution in [0, 0.1) is 17.6 Å². The average Bonchev–Trinajstić information content (AvgIpc) is 2.29. The third-order valence-electron chi connectivity index (χ3n) is 3.06. The van der Waals surface area contributed by atoms with E-state index in [1.54, 1.807) is 0 Å². The maximum atomic E-state index is 13.0. The maximum absolute atomic E-state index is 13.0. The fourth-order valence-electron chi connectivity index (χ4n) is 2.19. The molecular weight excluding hydrogens is 224 g/mol. The molecule has 0 aromatic heterocycles. The smallest absolute Gasteiger partial charge is 0.163 e. The Hall–Kier alpha value is -1.29. The molecule has 0 aliphatic carbocycles. The van der Waals surface area contributed by atoms with Gasteiger partial charge in [0.2, 0.25) is 0 Å². The van der Waals surface area contributed by atoms with E-state index in [1.165, 1.54) is 0 Å². The maximum Gasteiger partial charge on any atom is 0.163 e. The molecule has 0 amide bonds. The van der Waals surface area contributed by atoms with E-state index in [9.17, 15) is 13.6 Å². The zero-order valence-electron chi connectivity index (χ0n) is 9.51. The van der Waals surface area contributed by atoms with Gasteiger partial charge in [0.25, 0.3) is 0 Å². The Morgan fingerprint density at radius 3 is 2.59 bits per heavy atom. The van der Waals surface area contributed by atoms with Crippen molar-refractivity contribution >= 4 is 5.78 Å². The number of ketones is 1. The molecule has 1 atom stereocenters. The number of nitrogens with one attached hydrogen (secondary N) is 1. The van der Waals surface area contributed by atoms with E-state index in [4.69, 9.17) is 0 Å². The monoisotopic (exact) mass is 239 g/mol. The highest BCUT2D eigenvalue weighted by molar-refractivity contribution is 5.96. The van der Waals surface area contributed by atoms with Crippen molar-refractivity contribution in [1.29, 1.82) is 0 Å². The Morgan fingerprint density at radius 2 is 2.00 bits per heavy atom. The number of carbonyl (C=O) groups excluding carboxylic acids is 1. The van der Waals surface area contributed by atoms with Crippen molar-refractivity contribution in [2.24, 2.45) is 5.92 Å². The van der Waals surface area contributed by atoms with Crippen LogP contribution in [-0.2, 0) is 0 Å². The quantitative estimate of drug-likeness (QED) is 0.821. The molecule has 1 heterocycles. The standard InChI is InChI=1S/C13H15F2NO/c14-11-5-10(6-12(15)7-11)13(17)4-9-2-1-3-16-8-9/h5-7,9,16H,1-4,8H2. The molecule has 1 aliphatic heterocycles. The summed E-state index contributed by atoms with van der Waals surface area (Å²) < 4.78 is 25.9. The Balaban J connectivity index is 2.03. The molecule has 0 spiro atoms. The van der Waals surface area contributed by atoms with Gasteiger partial charge >= 0.3 is 0 Å². The van der Waals surface area contributed by atoms with Crippen LogP contribution in [0.15, 0.2) is 18.2 Å².